The summed E-state index contributed by atoms with van der Waals surface area (Å²) in [6.07, 6.45) is -13.8. The Hall–Kier alpha value is -12.6. The Bertz CT molecular complexity index is 4700. The number of ether oxygens (including phenoxy) is 16. The van der Waals surface area contributed by atoms with Gasteiger partial charge in [-0.05, 0) is 119 Å². The third-order valence-electron chi connectivity index (χ3n) is 20.9. The van der Waals surface area contributed by atoms with Crippen LogP contribution in [0.5, 0.6) is 34.5 Å². The predicted molar refractivity (Wildman–Crippen MR) is 420 cm³/mol. The van der Waals surface area contributed by atoms with Crippen molar-refractivity contribution < 1.29 is 134 Å². The molecule has 0 aliphatic carbocycles. The van der Waals surface area contributed by atoms with Crippen molar-refractivity contribution in [1.82, 2.24) is 14.7 Å². The van der Waals surface area contributed by atoms with Gasteiger partial charge in [0, 0.05) is 73.3 Å². The third-order valence-corrected chi connectivity index (χ3v) is 20.9. The van der Waals surface area contributed by atoms with E-state index < -0.39 is 134 Å². The van der Waals surface area contributed by atoms with Crippen molar-refractivity contribution in [2.45, 2.75) is 187 Å². The van der Waals surface area contributed by atoms with Gasteiger partial charge in [0.25, 0.3) is 11.8 Å². The van der Waals surface area contributed by atoms with Crippen LogP contribution < -0.4 is 38.2 Å². The number of anilines is 2. The van der Waals surface area contributed by atoms with E-state index in [2.05, 4.69) is 0 Å². The molecule has 0 radical (unpaired) electrons. The van der Waals surface area contributed by atoms with E-state index in [1.54, 1.807) is 48.5 Å². The summed E-state index contributed by atoms with van der Waals surface area (Å²) in [6, 6.07) is 37.5. The van der Waals surface area contributed by atoms with Gasteiger partial charge >= 0.3 is 48.0 Å². The fourth-order valence-electron chi connectivity index (χ4n) is 15.6. The number of nitrogens with zero attached hydrogens (tertiary/aromatic N) is 5. The van der Waals surface area contributed by atoms with Gasteiger partial charge < -0.3 is 101 Å². The van der Waals surface area contributed by atoms with E-state index in [9.17, 15) is 48.6 Å². The molecular weight excluding hydrogens is 1560 g/mol. The number of carbonyl (C=O) groups excluding carboxylic acids is 10. The molecule has 6 heterocycles. The molecule has 9 unspecified atom stereocenters. The topological polar surface area (TPSA) is 375 Å². The quantitative estimate of drug-likeness (QED) is 0.0377. The van der Waals surface area contributed by atoms with Crippen molar-refractivity contribution in [3.8, 4) is 34.5 Å². The summed E-state index contributed by atoms with van der Waals surface area (Å²) >= 11 is 0. The van der Waals surface area contributed by atoms with Crippen LogP contribution in [-0.4, -0.2) is 200 Å². The number of hydrogen-bond donors (Lipinski definition) is 2. The van der Waals surface area contributed by atoms with Crippen LogP contribution in [0.2, 0.25) is 0 Å². The smallest absolute Gasteiger partial charge is 0.416 e. The number of methoxy groups -OCH3 is 2. The van der Waals surface area contributed by atoms with Gasteiger partial charge in [0.2, 0.25) is 12.6 Å². The van der Waals surface area contributed by atoms with Gasteiger partial charge in [-0.15, -0.1) is 0 Å². The second-order valence-electron chi connectivity index (χ2n) is 29.9. The van der Waals surface area contributed by atoms with Crippen molar-refractivity contribution in [2.75, 3.05) is 51.3 Å². The molecule has 33 heteroatoms. The van der Waals surface area contributed by atoms with E-state index in [1.165, 1.54) is 89.8 Å². The number of amides is 4. The summed E-state index contributed by atoms with van der Waals surface area (Å²) in [5.41, 5.74) is 6.42. The van der Waals surface area contributed by atoms with E-state index in [-0.39, 0.29) is 135 Å². The molecule has 7 aromatic rings. The molecule has 0 spiro atoms. The molecule has 4 amide bonds. The molecule has 634 valence electrons. The van der Waals surface area contributed by atoms with Gasteiger partial charge in [-0.2, -0.15) is 0 Å². The largest absolute Gasteiger partial charge is 0.493 e. The van der Waals surface area contributed by atoms with Crippen LogP contribution in [0.4, 0.5) is 21.0 Å². The number of aliphatic hydroxyl groups is 2. The Kier molecular flexibility index (Phi) is 26.7. The lowest BCUT2D eigenvalue weighted by atomic mass is 9.93. The lowest BCUT2D eigenvalue weighted by molar-refractivity contribution is -0.245. The highest BCUT2D eigenvalue weighted by molar-refractivity contribution is 6.07. The Balaban J connectivity index is 0.740. The van der Waals surface area contributed by atoms with Crippen molar-refractivity contribution in [3.63, 3.8) is 0 Å². The molecule has 6 aliphatic heterocycles. The first-order valence-corrected chi connectivity index (χ1v) is 38.8. The molecule has 2 saturated heterocycles. The minimum Gasteiger partial charge on any atom is -0.493 e. The van der Waals surface area contributed by atoms with E-state index in [1.807, 2.05) is 85.7 Å². The van der Waals surface area contributed by atoms with Gasteiger partial charge in [-0.25, -0.2) is 19.4 Å². The van der Waals surface area contributed by atoms with Crippen LogP contribution in [0, 0.1) is 0 Å². The average molecular weight is 1660 g/mol. The van der Waals surface area contributed by atoms with E-state index in [0.717, 1.165) is 37.6 Å². The maximum Gasteiger partial charge on any atom is 0.416 e. The number of benzene rings is 7. The maximum atomic E-state index is 15.1. The summed E-state index contributed by atoms with van der Waals surface area (Å²) in [5.74, 6) is -3.98. The summed E-state index contributed by atoms with van der Waals surface area (Å²) in [7, 11) is 6.62. The van der Waals surface area contributed by atoms with Crippen LogP contribution in [-0.2, 0) is 135 Å². The monoisotopic (exact) mass is 1660 g/mol. The van der Waals surface area contributed by atoms with Crippen LogP contribution in [0.1, 0.15) is 125 Å². The summed E-state index contributed by atoms with van der Waals surface area (Å²) in [4.78, 5) is 140. The van der Waals surface area contributed by atoms with Crippen molar-refractivity contribution >= 4 is 71.2 Å². The van der Waals surface area contributed by atoms with Gasteiger partial charge in [0.05, 0.1) is 61.6 Å². The van der Waals surface area contributed by atoms with Crippen LogP contribution in [0.3, 0.4) is 0 Å². The van der Waals surface area contributed by atoms with Crippen molar-refractivity contribution in [2.24, 2.45) is 0 Å². The minimum atomic E-state index is -1.67. The zero-order chi connectivity index (χ0) is 85.3. The van der Waals surface area contributed by atoms with Gasteiger partial charge in [-0.3, -0.25) is 38.4 Å². The lowest BCUT2D eigenvalue weighted by Crippen LogP contribution is -2.55. The van der Waals surface area contributed by atoms with Crippen LogP contribution in [0.15, 0.2) is 140 Å². The Morgan fingerprint density at radius 1 is 0.433 bits per heavy atom. The molecule has 2 N–H and O–H groups in total. The average Bonchev–Trinajstić information content (AvgIpc) is 1.60. The molecule has 0 bridgehead atoms. The van der Waals surface area contributed by atoms with E-state index in [4.69, 9.17) is 75.8 Å². The first-order valence-electron chi connectivity index (χ1n) is 38.8. The third kappa shape index (κ3) is 20.1. The first kappa shape index (κ1) is 85.3. The minimum absolute atomic E-state index is 0.00443. The molecule has 7 aromatic carbocycles. The number of hydrogen-bond acceptors (Lipinski definition) is 29. The van der Waals surface area contributed by atoms with Crippen LogP contribution >= 0.6 is 0 Å². The SMILES string of the molecule is COc1cc2c(cc1OCc1cc(COc3cc4c(cc3OC)C(=O)N3Cc5ccccc5C[C@H]3[C@H](O)N4C(=O)OCc3ccc(O[C@H]4CC(OC(C)=O)C(OC(C)=O)C(COC(C)=O)O4)cc3)cc(CN(C)C)c1)N(C(=O)OCc1ccc(OC3CC(OC(C)=O)C(OC(C)=O)C(COC(C)=O)O3)cc1)C(O)C1Cc3ccccc3CN1C2=O. The second kappa shape index (κ2) is 37.6. The Labute approximate surface area is 690 Å². The standard InChI is InChI=1S/C87H93N5O28/c1-47(93)107-45-76-80(115-51(5)97)74(113-49(3)95)36-78(119-76)117-62-23-19-53(20-24-62)41-111-86(103)91-66-34-72(70(105-9)32-64(66)82(99)89-39-60-17-13-11-15-58(60)30-68(89)84(91)101)109-43-56-27-55(38-88(7)8)28-57(29-56)44-110-73-35-67-65(33-71(73)106-10)83(100)90-40-61-18-14-12-16-59(61)31-69(90)85(102)92(67)87(104)112-42-54-21-25-63(26-22-54)118-79-37-75(114-50(4)96)81(116-52(6)98)77(120-79)46-108-48(2)94/h11-29,32-35,68-69,74-81,84-85,101-102H,30-31,36-46H2,1-10H3/t68-,69?,74?,75?,76?,77?,78+,79?,80?,81?,84-,85?/m0/s1. The number of fused-ring (bicyclic) bond motifs is 6. The summed E-state index contributed by atoms with van der Waals surface area (Å²) < 4.78 is 94.1. The number of esters is 6. The number of carbonyl (C=O) groups is 10. The number of rotatable bonds is 26. The van der Waals surface area contributed by atoms with Crippen molar-refractivity contribution in [1.29, 1.82) is 0 Å². The molecule has 33 nitrogen and oxygen atoms in total. The first-order chi connectivity index (χ1) is 57.5. The molecule has 0 saturated carbocycles. The molecule has 2 fully saturated rings. The second-order valence-corrected chi connectivity index (χ2v) is 29.9. The highest BCUT2D eigenvalue weighted by Crippen LogP contribution is 2.45. The molecule has 120 heavy (non-hydrogen) atoms. The Morgan fingerprint density at radius 2 is 0.808 bits per heavy atom. The van der Waals surface area contributed by atoms with E-state index >= 15 is 9.59 Å². The molecule has 0 aromatic heterocycles. The molecule has 6 aliphatic rings. The summed E-state index contributed by atoms with van der Waals surface area (Å²) in [5, 5.41) is 25.3. The highest BCUT2D eigenvalue weighted by atomic mass is 16.7. The Morgan fingerprint density at radius 3 is 1.17 bits per heavy atom. The van der Waals surface area contributed by atoms with Gasteiger partial charge in [0.15, 0.2) is 47.7 Å². The van der Waals surface area contributed by atoms with Gasteiger partial charge in [0.1, 0.15) is 75.6 Å². The fourth-order valence-corrected chi connectivity index (χ4v) is 15.6. The summed E-state index contributed by atoms with van der Waals surface area (Å²) in [6.45, 7) is 6.19. The van der Waals surface area contributed by atoms with E-state index in [0.29, 0.717) is 28.8 Å². The highest BCUT2D eigenvalue weighted by Gasteiger charge is 2.50. The molecular formula is C87H93N5O28. The number of aliphatic hydroxyl groups excluding tert-OH is 2. The zero-order valence-corrected chi connectivity index (χ0v) is 67.6. The van der Waals surface area contributed by atoms with Gasteiger partial charge in [-0.1, -0.05) is 84.9 Å². The lowest BCUT2D eigenvalue weighted by Gasteiger charge is -2.39. The molecule has 13 rings (SSSR count). The van der Waals surface area contributed by atoms with Crippen molar-refractivity contribution in [3.05, 3.63) is 201 Å². The normalized spacial score (nSPS) is 22.1. The zero-order valence-electron chi connectivity index (χ0n) is 67.6. The van der Waals surface area contributed by atoms with Crippen LogP contribution in [0.25, 0.3) is 0 Å². The predicted octanol–water partition coefficient (Wildman–Crippen LogP) is 8.85. The molecule has 12 atom stereocenters. The fraction of sp³-hybridized carbons (Fsp3) is 0.402. The maximum absolute atomic E-state index is 15.1.